The van der Waals surface area contributed by atoms with Crippen LogP contribution in [0.1, 0.15) is 56.5 Å². The largest absolute Gasteiger partial charge is 0.282 e. The molecule has 2 rings (SSSR count). The van der Waals surface area contributed by atoms with Crippen molar-refractivity contribution in [3.63, 3.8) is 0 Å². The normalized spacial score (nSPS) is 17.8. The third-order valence-corrected chi connectivity index (χ3v) is 2.69. The third-order valence-electron chi connectivity index (χ3n) is 2.69. The summed E-state index contributed by atoms with van der Waals surface area (Å²) in [6.07, 6.45) is 2.65. The fourth-order valence-electron chi connectivity index (χ4n) is 2.05. The standard InChI is InChI=1S/C11H18N2/c1-7-9(11(2,3)4)10(13-12-7)8-5-6-8/h8H,5-6H2,1-4H3,(H,12,13). The summed E-state index contributed by atoms with van der Waals surface area (Å²) in [7, 11) is 0. The predicted molar refractivity (Wildman–Crippen MR) is 54.0 cm³/mol. The molecule has 0 radical (unpaired) electrons. The van der Waals surface area contributed by atoms with Crippen LogP contribution in [-0.4, -0.2) is 10.2 Å². The van der Waals surface area contributed by atoms with Crippen LogP contribution >= 0.6 is 0 Å². The van der Waals surface area contributed by atoms with E-state index in [9.17, 15) is 0 Å². The van der Waals surface area contributed by atoms with Crippen molar-refractivity contribution in [2.75, 3.05) is 0 Å². The molecule has 0 saturated heterocycles. The average molecular weight is 178 g/mol. The molecule has 0 spiro atoms. The lowest BCUT2D eigenvalue weighted by atomic mass is 9.84. The van der Waals surface area contributed by atoms with Gasteiger partial charge in [-0.15, -0.1) is 0 Å². The molecular formula is C11H18N2. The second kappa shape index (κ2) is 2.60. The van der Waals surface area contributed by atoms with Crippen molar-refractivity contribution in [2.24, 2.45) is 0 Å². The van der Waals surface area contributed by atoms with Crippen LogP contribution in [0.4, 0.5) is 0 Å². The van der Waals surface area contributed by atoms with Gasteiger partial charge in [0.2, 0.25) is 0 Å². The first kappa shape index (κ1) is 8.79. The van der Waals surface area contributed by atoms with E-state index in [1.165, 1.54) is 29.8 Å². The zero-order valence-electron chi connectivity index (χ0n) is 8.94. The summed E-state index contributed by atoms with van der Waals surface area (Å²) in [5.41, 5.74) is 4.24. The summed E-state index contributed by atoms with van der Waals surface area (Å²) in [6, 6.07) is 0. The molecule has 1 heterocycles. The molecule has 1 aromatic rings. The van der Waals surface area contributed by atoms with E-state index in [2.05, 4.69) is 37.9 Å². The van der Waals surface area contributed by atoms with E-state index in [0.717, 1.165) is 5.92 Å². The van der Waals surface area contributed by atoms with E-state index in [-0.39, 0.29) is 5.41 Å². The molecule has 1 saturated carbocycles. The lowest BCUT2D eigenvalue weighted by molar-refractivity contribution is 0.579. The topological polar surface area (TPSA) is 28.7 Å². The lowest BCUT2D eigenvalue weighted by Crippen LogP contribution is -2.14. The molecular weight excluding hydrogens is 160 g/mol. The van der Waals surface area contributed by atoms with E-state index in [0.29, 0.717) is 0 Å². The van der Waals surface area contributed by atoms with Gasteiger partial charge in [0.05, 0.1) is 5.69 Å². The Bertz CT molecular complexity index is 313. The number of hydrogen-bond acceptors (Lipinski definition) is 1. The second-order valence-electron chi connectivity index (χ2n) is 5.13. The molecule has 1 fully saturated rings. The van der Waals surface area contributed by atoms with Crippen molar-refractivity contribution in [2.45, 2.75) is 51.9 Å². The van der Waals surface area contributed by atoms with E-state index < -0.39 is 0 Å². The Balaban J connectivity index is 2.46. The number of H-pyrrole nitrogens is 1. The molecule has 1 N–H and O–H groups in total. The van der Waals surface area contributed by atoms with Crippen LogP contribution in [0, 0.1) is 6.92 Å². The lowest BCUT2D eigenvalue weighted by Gasteiger charge is -2.19. The summed E-state index contributed by atoms with van der Waals surface area (Å²) < 4.78 is 0. The first-order valence-electron chi connectivity index (χ1n) is 5.05. The monoisotopic (exact) mass is 178 g/mol. The third kappa shape index (κ3) is 1.50. The van der Waals surface area contributed by atoms with Gasteiger partial charge in [0.1, 0.15) is 0 Å². The Hall–Kier alpha value is -0.790. The van der Waals surface area contributed by atoms with Crippen molar-refractivity contribution in [1.29, 1.82) is 0 Å². The quantitative estimate of drug-likeness (QED) is 0.703. The molecule has 13 heavy (non-hydrogen) atoms. The highest BCUT2D eigenvalue weighted by Gasteiger charge is 2.33. The van der Waals surface area contributed by atoms with Gasteiger partial charge in [0.15, 0.2) is 0 Å². The summed E-state index contributed by atoms with van der Waals surface area (Å²) in [5, 5.41) is 7.53. The van der Waals surface area contributed by atoms with Crippen LogP contribution < -0.4 is 0 Å². The minimum Gasteiger partial charge on any atom is -0.282 e. The molecule has 0 unspecified atom stereocenters. The van der Waals surface area contributed by atoms with Crippen LogP contribution in [0.2, 0.25) is 0 Å². The average Bonchev–Trinajstić information content (AvgIpc) is 2.73. The van der Waals surface area contributed by atoms with Crippen LogP contribution in [0.15, 0.2) is 0 Å². The Kier molecular flexibility index (Phi) is 1.76. The smallest absolute Gasteiger partial charge is 0.0693 e. The van der Waals surface area contributed by atoms with Gasteiger partial charge in [-0.3, -0.25) is 5.10 Å². The number of hydrogen-bond donors (Lipinski definition) is 1. The molecule has 0 aromatic carbocycles. The zero-order chi connectivity index (χ0) is 9.64. The number of nitrogens with zero attached hydrogens (tertiary/aromatic N) is 1. The van der Waals surface area contributed by atoms with Crippen LogP contribution in [0.3, 0.4) is 0 Å². The van der Waals surface area contributed by atoms with Crippen molar-refractivity contribution in [3.8, 4) is 0 Å². The Morgan fingerprint density at radius 3 is 2.38 bits per heavy atom. The molecule has 72 valence electrons. The number of aromatic nitrogens is 2. The van der Waals surface area contributed by atoms with Gasteiger partial charge < -0.3 is 0 Å². The number of aryl methyl sites for hydroxylation is 1. The van der Waals surface area contributed by atoms with E-state index in [1.54, 1.807) is 0 Å². The maximum atomic E-state index is 4.42. The highest BCUT2D eigenvalue weighted by Crippen LogP contribution is 2.44. The van der Waals surface area contributed by atoms with Crippen LogP contribution in [0.5, 0.6) is 0 Å². The second-order valence-corrected chi connectivity index (χ2v) is 5.13. The highest BCUT2D eigenvalue weighted by molar-refractivity contribution is 5.35. The minimum absolute atomic E-state index is 0.231. The van der Waals surface area contributed by atoms with Crippen LogP contribution in [0.25, 0.3) is 0 Å². The van der Waals surface area contributed by atoms with Crippen molar-refractivity contribution >= 4 is 0 Å². The van der Waals surface area contributed by atoms with Gasteiger partial charge in [0, 0.05) is 17.2 Å². The molecule has 1 aliphatic rings. The number of aromatic amines is 1. The zero-order valence-corrected chi connectivity index (χ0v) is 8.94. The summed E-state index contributed by atoms with van der Waals surface area (Å²) >= 11 is 0. The molecule has 2 heteroatoms. The molecule has 0 aliphatic heterocycles. The first-order valence-corrected chi connectivity index (χ1v) is 5.05. The van der Waals surface area contributed by atoms with E-state index in [1.807, 2.05) is 0 Å². The molecule has 2 nitrogen and oxygen atoms in total. The SMILES string of the molecule is Cc1[nH]nc(C2CC2)c1C(C)(C)C. The fourth-order valence-corrected chi connectivity index (χ4v) is 2.05. The van der Waals surface area contributed by atoms with Crippen molar-refractivity contribution in [1.82, 2.24) is 10.2 Å². The molecule has 0 bridgehead atoms. The summed E-state index contributed by atoms with van der Waals surface area (Å²) in [5.74, 6) is 0.749. The fraction of sp³-hybridized carbons (Fsp3) is 0.727. The van der Waals surface area contributed by atoms with Crippen molar-refractivity contribution in [3.05, 3.63) is 17.0 Å². The van der Waals surface area contributed by atoms with Crippen LogP contribution in [-0.2, 0) is 5.41 Å². The first-order chi connectivity index (χ1) is 6.00. The van der Waals surface area contributed by atoms with Gasteiger partial charge >= 0.3 is 0 Å². The van der Waals surface area contributed by atoms with Gasteiger partial charge in [-0.25, -0.2) is 0 Å². The van der Waals surface area contributed by atoms with Gasteiger partial charge in [-0.2, -0.15) is 5.10 Å². The molecule has 0 amide bonds. The maximum absolute atomic E-state index is 4.42. The van der Waals surface area contributed by atoms with Gasteiger partial charge in [-0.1, -0.05) is 20.8 Å². The Morgan fingerprint density at radius 2 is 1.92 bits per heavy atom. The van der Waals surface area contributed by atoms with E-state index in [4.69, 9.17) is 0 Å². The predicted octanol–water partition coefficient (Wildman–Crippen LogP) is 2.89. The van der Waals surface area contributed by atoms with Crippen molar-refractivity contribution < 1.29 is 0 Å². The highest BCUT2D eigenvalue weighted by atomic mass is 15.1. The summed E-state index contributed by atoms with van der Waals surface area (Å²) in [6.45, 7) is 8.91. The Morgan fingerprint density at radius 1 is 1.31 bits per heavy atom. The number of nitrogens with one attached hydrogen (secondary N) is 1. The van der Waals surface area contributed by atoms with E-state index >= 15 is 0 Å². The maximum Gasteiger partial charge on any atom is 0.0693 e. The molecule has 1 aliphatic carbocycles. The Labute approximate surface area is 79.7 Å². The summed E-state index contributed by atoms with van der Waals surface area (Å²) in [4.78, 5) is 0. The molecule has 0 atom stereocenters. The van der Waals surface area contributed by atoms with Gasteiger partial charge in [-0.05, 0) is 25.2 Å². The minimum atomic E-state index is 0.231. The van der Waals surface area contributed by atoms with Gasteiger partial charge in [0.25, 0.3) is 0 Å². The molecule has 1 aromatic heterocycles. The number of rotatable bonds is 1.